The molecule has 1 aromatic carbocycles. The molecule has 0 spiro atoms. The number of nitrogens with two attached hydrogens (primary N) is 1. The summed E-state index contributed by atoms with van der Waals surface area (Å²) in [6.07, 6.45) is 0.990. The molecule has 0 aliphatic rings. The number of aromatic carboxylic acids is 1. The summed E-state index contributed by atoms with van der Waals surface area (Å²) in [4.78, 5) is 13.1. The van der Waals surface area contributed by atoms with Gasteiger partial charge in [-0.1, -0.05) is 6.92 Å². The number of benzene rings is 1. The van der Waals surface area contributed by atoms with Crippen LogP contribution in [-0.2, 0) is 4.74 Å². The minimum atomic E-state index is -1.00. The first kappa shape index (κ1) is 15.3. The van der Waals surface area contributed by atoms with Crippen molar-refractivity contribution in [1.82, 2.24) is 0 Å². The Labute approximate surface area is 114 Å². The Morgan fingerprint density at radius 3 is 2.68 bits per heavy atom. The molecule has 0 amide bonds. The lowest BCUT2D eigenvalue weighted by molar-refractivity contribution is 0.0698. The Kier molecular flexibility index (Phi) is 5.63. The van der Waals surface area contributed by atoms with Crippen molar-refractivity contribution in [2.75, 3.05) is 30.9 Å². The van der Waals surface area contributed by atoms with E-state index < -0.39 is 5.97 Å². The molecule has 0 aliphatic heterocycles. The Balaban J connectivity index is 3.02. The van der Waals surface area contributed by atoms with Gasteiger partial charge in [-0.25, -0.2) is 4.79 Å². The first-order valence-electron chi connectivity index (χ1n) is 6.39. The molecule has 0 saturated heterocycles. The molecule has 0 bridgehead atoms. The van der Waals surface area contributed by atoms with Gasteiger partial charge in [0.05, 0.1) is 12.2 Å². The zero-order valence-electron chi connectivity index (χ0n) is 11.7. The van der Waals surface area contributed by atoms with Gasteiger partial charge in [0.15, 0.2) is 0 Å². The zero-order valence-corrected chi connectivity index (χ0v) is 11.7. The van der Waals surface area contributed by atoms with Crippen molar-refractivity contribution < 1.29 is 14.6 Å². The second-order valence-corrected chi connectivity index (χ2v) is 4.52. The quantitative estimate of drug-likeness (QED) is 0.740. The summed E-state index contributed by atoms with van der Waals surface area (Å²) in [6, 6.07) is 5.40. The predicted molar refractivity (Wildman–Crippen MR) is 76.8 cm³/mol. The lowest BCUT2D eigenvalue weighted by Gasteiger charge is -2.31. The van der Waals surface area contributed by atoms with Crippen LogP contribution in [0.1, 0.15) is 30.6 Å². The van der Waals surface area contributed by atoms with Gasteiger partial charge in [0.2, 0.25) is 0 Å². The molecule has 1 atom stereocenters. The minimum absolute atomic E-state index is 0.139. The molecule has 106 valence electrons. The molecule has 19 heavy (non-hydrogen) atoms. The summed E-state index contributed by atoms with van der Waals surface area (Å²) >= 11 is 0. The Morgan fingerprint density at radius 2 is 2.21 bits per heavy atom. The van der Waals surface area contributed by atoms with Gasteiger partial charge in [-0.05, 0) is 31.5 Å². The molecule has 0 radical (unpaired) electrons. The molecule has 0 heterocycles. The van der Waals surface area contributed by atoms with Gasteiger partial charge in [-0.3, -0.25) is 0 Å². The Morgan fingerprint density at radius 1 is 1.53 bits per heavy atom. The number of nitrogens with zero attached hydrogens (tertiary/aromatic N) is 1. The van der Waals surface area contributed by atoms with Crippen molar-refractivity contribution in [3.63, 3.8) is 0 Å². The molecule has 1 aromatic rings. The van der Waals surface area contributed by atoms with Crippen molar-refractivity contribution in [3.05, 3.63) is 23.8 Å². The molecule has 1 rings (SSSR count). The maximum Gasteiger partial charge on any atom is 0.337 e. The van der Waals surface area contributed by atoms with Crippen LogP contribution in [0, 0.1) is 0 Å². The number of ether oxygens (including phenoxy) is 1. The molecule has 0 aliphatic carbocycles. The number of carbonyl (C=O) groups is 1. The van der Waals surface area contributed by atoms with E-state index in [0.717, 1.165) is 18.7 Å². The highest BCUT2D eigenvalue weighted by Gasteiger charge is 2.15. The molecule has 5 heteroatoms. The summed E-state index contributed by atoms with van der Waals surface area (Å²) in [7, 11) is 1.66. The third-order valence-electron chi connectivity index (χ3n) is 3.26. The van der Waals surface area contributed by atoms with Crippen LogP contribution in [-0.4, -0.2) is 37.4 Å². The largest absolute Gasteiger partial charge is 0.478 e. The summed E-state index contributed by atoms with van der Waals surface area (Å²) in [6.45, 7) is 5.60. The highest BCUT2D eigenvalue weighted by Crippen LogP contribution is 2.24. The Bertz CT molecular complexity index is 435. The van der Waals surface area contributed by atoms with Crippen LogP contribution in [0.4, 0.5) is 11.4 Å². The predicted octanol–water partition coefficient (Wildman–Crippen LogP) is 2.22. The van der Waals surface area contributed by atoms with Crippen LogP contribution in [0.15, 0.2) is 18.2 Å². The summed E-state index contributed by atoms with van der Waals surface area (Å²) in [5.74, 6) is -1.00. The summed E-state index contributed by atoms with van der Waals surface area (Å²) in [5, 5.41) is 8.98. The number of hydrogen-bond acceptors (Lipinski definition) is 4. The van der Waals surface area contributed by atoms with Crippen molar-refractivity contribution in [3.8, 4) is 0 Å². The number of carboxylic acid groups (broad SMARTS) is 1. The second-order valence-electron chi connectivity index (χ2n) is 4.52. The fourth-order valence-electron chi connectivity index (χ4n) is 1.94. The van der Waals surface area contributed by atoms with Gasteiger partial charge in [0.25, 0.3) is 0 Å². The van der Waals surface area contributed by atoms with Gasteiger partial charge in [-0.2, -0.15) is 0 Å². The average molecular weight is 266 g/mol. The number of hydrogen-bond donors (Lipinski definition) is 2. The Hall–Kier alpha value is -1.75. The second kappa shape index (κ2) is 6.99. The van der Waals surface area contributed by atoms with Crippen molar-refractivity contribution >= 4 is 17.3 Å². The normalized spacial score (nSPS) is 12.2. The maximum atomic E-state index is 11.0. The third-order valence-corrected chi connectivity index (χ3v) is 3.26. The van der Waals surface area contributed by atoms with Gasteiger partial charge < -0.3 is 20.5 Å². The zero-order chi connectivity index (χ0) is 14.4. The molecule has 5 nitrogen and oxygen atoms in total. The van der Waals surface area contributed by atoms with E-state index in [1.807, 2.05) is 0 Å². The van der Waals surface area contributed by atoms with Crippen LogP contribution in [0.3, 0.4) is 0 Å². The van der Waals surface area contributed by atoms with Crippen molar-refractivity contribution in [2.45, 2.75) is 26.3 Å². The number of nitrogen functional groups attached to an aromatic ring is 1. The topological polar surface area (TPSA) is 75.8 Å². The minimum Gasteiger partial charge on any atom is -0.478 e. The van der Waals surface area contributed by atoms with Crippen molar-refractivity contribution in [2.24, 2.45) is 0 Å². The standard InChI is InChI=1S/C14H22N2O3/c1-4-10(2)16(7-8-19-3)11-5-6-12(14(17)18)13(15)9-11/h5-6,9-10H,4,7-8,15H2,1-3H3,(H,17,18). The van der Waals surface area contributed by atoms with Crippen LogP contribution in [0.5, 0.6) is 0 Å². The van der Waals surface area contributed by atoms with E-state index in [0.29, 0.717) is 12.6 Å². The van der Waals surface area contributed by atoms with Crippen LogP contribution in [0.25, 0.3) is 0 Å². The van der Waals surface area contributed by atoms with E-state index in [2.05, 4.69) is 18.7 Å². The number of carboxylic acids is 1. The molecule has 3 N–H and O–H groups in total. The van der Waals surface area contributed by atoms with E-state index in [-0.39, 0.29) is 11.3 Å². The van der Waals surface area contributed by atoms with Crippen LogP contribution < -0.4 is 10.6 Å². The fraction of sp³-hybridized carbons (Fsp3) is 0.500. The van der Waals surface area contributed by atoms with E-state index >= 15 is 0 Å². The first-order chi connectivity index (χ1) is 9.01. The molecule has 0 fully saturated rings. The number of methoxy groups -OCH3 is 1. The van der Waals surface area contributed by atoms with Crippen LogP contribution in [0.2, 0.25) is 0 Å². The molecule has 1 unspecified atom stereocenters. The van der Waals surface area contributed by atoms with Gasteiger partial charge in [0, 0.05) is 31.1 Å². The molecule has 0 aromatic heterocycles. The summed E-state index contributed by atoms with van der Waals surface area (Å²) < 4.78 is 5.11. The van der Waals surface area contributed by atoms with E-state index in [9.17, 15) is 4.79 Å². The van der Waals surface area contributed by atoms with E-state index in [1.165, 1.54) is 0 Å². The lowest BCUT2D eigenvalue weighted by Crippen LogP contribution is -2.35. The molecule has 0 saturated carbocycles. The lowest BCUT2D eigenvalue weighted by atomic mass is 10.1. The SMILES string of the molecule is CCC(C)N(CCOC)c1ccc(C(=O)O)c(N)c1. The van der Waals surface area contributed by atoms with Crippen LogP contribution >= 0.6 is 0 Å². The first-order valence-corrected chi connectivity index (χ1v) is 6.39. The number of anilines is 2. The van der Waals surface area contributed by atoms with Gasteiger partial charge >= 0.3 is 5.97 Å². The highest BCUT2D eigenvalue weighted by molar-refractivity contribution is 5.94. The van der Waals surface area contributed by atoms with E-state index in [1.54, 1.807) is 25.3 Å². The summed E-state index contributed by atoms with van der Waals surface area (Å²) in [5.41, 5.74) is 7.14. The monoisotopic (exact) mass is 266 g/mol. The smallest absolute Gasteiger partial charge is 0.337 e. The number of rotatable bonds is 7. The third kappa shape index (κ3) is 3.86. The van der Waals surface area contributed by atoms with Gasteiger partial charge in [0.1, 0.15) is 0 Å². The highest BCUT2D eigenvalue weighted by atomic mass is 16.5. The molecular weight excluding hydrogens is 244 g/mol. The fourth-order valence-corrected chi connectivity index (χ4v) is 1.94. The van der Waals surface area contributed by atoms with Gasteiger partial charge in [-0.15, -0.1) is 0 Å². The maximum absolute atomic E-state index is 11.0. The average Bonchev–Trinajstić information content (AvgIpc) is 2.38. The molecular formula is C14H22N2O3. The van der Waals surface area contributed by atoms with Crippen molar-refractivity contribution in [1.29, 1.82) is 0 Å². The van der Waals surface area contributed by atoms with E-state index in [4.69, 9.17) is 15.6 Å².